The first-order valence-electron chi connectivity index (χ1n) is 6.25. The summed E-state index contributed by atoms with van der Waals surface area (Å²) < 4.78 is 5.08. The van der Waals surface area contributed by atoms with Gasteiger partial charge < -0.3 is 20.7 Å². The lowest BCUT2D eigenvalue weighted by Crippen LogP contribution is -2.37. The molecule has 6 nitrogen and oxygen atoms in total. The Kier molecular flexibility index (Phi) is 5.97. The molecular formula is C14H20N4O2. The fraction of sp³-hybridized carbons (Fsp3) is 0.429. The molecule has 0 radical (unpaired) electrons. The number of nitrogens with one attached hydrogen (secondary N) is 1. The van der Waals surface area contributed by atoms with Gasteiger partial charge in [0.1, 0.15) is 17.9 Å². The molecule has 0 aliphatic rings. The van der Waals surface area contributed by atoms with Crippen LogP contribution in [0.15, 0.2) is 18.2 Å². The molecule has 0 bridgehead atoms. The second-order valence-corrected chi connectivity index (χ2v) is 4.66. The smallest absolute Gasteiger partial charge is 0.239 e. The molecule has 0 aliphatic carbocycles. The molecule has 1 rings (SSSR count). The average Bonchev–Trinajstić information content (AvgIpc) is 2.42. The Bertz CT molecular complexity index is 508. The number of primary amides is 1. The van der Waals surface area contributed by atoms with Crippen molar-refractivity contribution in [2.75, 3.05) is 34.3 Å². The van der Waals surface area contributed by atoms with Crippen LogP contribution in [0.25, 0.3) is 0 Å². The van der Waals surface area contributed by atoms with Gasteiger partial charge in [0.05, 0.1) is 12.7 Å². The zero-order chi connectivity index (χ0) is 15.1. The topological polar surface area (TPSA) is 91.4 Å². The van der Waals surface area contributed by atoms with Gasteiger partial charge in [0.2, 0.25) is 5.91 Å². The maximum absolute atomic E-state index is 11.6. The molecule has 6 heteroatoms. The number of carbonyl (C=O) groups is 1. The van der Waals surface area contributed by atoms with Gasteiger partial charge in [-0.3, -0.25) is 4.79 Å². The fourth-order valence-corrected chi connectivity index (χ4v) is 1.81. The van der Waals surface area contributed by atoms with E-state index in [1.807, 2.05) is 25.1 Å². The molecule has 0 heterocycles. The predicted molar refractivity (Wildman–Crippen MR) is 76.2 cm³/mol. The van der Waals surface area contributed by atoms with Crippen molar-refractivity contribution in [3.05, 3.63) is 29.3 Å². The number of benzene rings is 1. The molecule has 1 aromatic carbocycles. The van der Waals surface area contributed by atoms with Crippen molar-refractivity contribution in [1.29, 1.82) is 5.26 Å². The van der Waals surface area contributed by atoms with Crippen LogP contribution in [-0.4, -0.2) is 45.1 Å². The largest absolute Gasteiger partial charge is 0.495 e. The number of nitrogens with two attached hydrogens (primary N) is 1. The third kappa shape index (κ3) is 4.23. The third-order valence-electron chi connectivity index (χ3n) is 2.87. The van der Waals surface area contributed by atoms with Crippen molar-refractivity contribution in [2.24, 2.45) is 5.73 Å². The number of hydrogen-bond acceptors (Lipinski definition) is 5. The number of rotatable bonds is 7. The molecule has 1 aromatic rings. The Labute approximate surface area is 119 Å². The van der Waals surface area contributed by atoms with Gasteiger partial charge in [-0.25, -0.2) is 0 Å². The normalized spacial score (nSPS) is 11.9. The van der Waals surface area contributed by atoms with Crippen LogP contribution in [0.5, 0.6) is 5.75 Å². The van der Waals surface area contributed by atoms with Crippen molar-refractivity contribution in [2.45, 2.75) is 6.04 Å². The summed E-state index contributed by atoms with van der Waals surface area (Å²) in [5.74, 6) is 0.00516. The minimum atomic E-state index is -0.618. The van der Waals surface area contributed by atoms with E-state index in [1.165, 1.54) is 7.11 Å². The van der Waals surface area contributed by atoms with Gasteiger partial charge in [-0.15, -0.1) is 0 Å². The Morgan fingerprint density at radius 1 is 1.55 bits per heavy atom. The highest BCUT2D eigenvalue weighted by Gasteiger charge is 2.18. The number of methoxy groups -OCH3 is 1. The SMILES string of the molecule is COc1ccc(C(NCCN(C)C)C(N)=O)cc1C#N. The monoisotopic (exact) mass is 276 g/mol. The maximum Gasteiger partial charge on any atom is 0.239 e. The minimum absolute atomic E-state index is 0.380. The highest BCUT2D eigenvalue weighted by molar-refractivity contribution is 5.81. The molecule has 0 aliphatic heterocycles. The summed E-state index contributed by atoms with van der Waals surface area (Å²) in [5.41, 5.74) is 6.46. The van der Waals surface area contributed by atoms with Crippen molar-refractivity contribution in [1.82, 2.24) is 10.2 Å². The molecule has 0 saturated carbocycles. The second kappa shape index (κ2) is 7.48. The van der Waals surface area contributed by atoms with Crippen LogP contribution in [0.1, 0.15) is 17.2 Å². The van der Waals surface area contributed by atoms with E-state index in [9.17, 15) is 4.79 Å². The molecule has 3 N–H and O–H groups in total. The third-order valence-corrected chi connectivity index (χ3v) is 2.87. The van der Waals surface area contributed by atoms with Gasteiger partial charge in [-0.05, 0) is 31.8 Å². The fourth-order valence-electron chi connectivity index (χ4n) is 1.81. The zero-order valence-electron chi connectivity index (χ0n) is 12.0. The van der Waals surface area contributed by atoms with Crippen molar-refractivity contribution < 1.29 is 9.53 Å². The molecule has 0 spiro atoms. The molecular weight excluding hydrogens is 256 g/mol. The van der Waals surface area contributed by atoms with E-state index in [1.54, 1.807) is 18.2 Å². The molecule has 108 valence electrons. The summed E-state index contributed by atoms with van der Waals surface area (Å²) in [6.07, 6.45) is 0. The van der Waals surface area contributed by atoms with Gasteiger partial charge in [0.25, 0.3) is 0 Å². The van der Waals surface area contributed by atoms with E-state index in [2.05, 4.69) is 5.32 Å². The summed E-state index contributed by atoms with van der Waals surface area (Å²) in [4.78, 5) is 13.6. The van der Waals surface area contributed by atoms with E-state index < -0.39 is 11.9 Å². The van der Waals surface area contributed by atoms with E-state index in [0.29, 0.717) is 23.4 Å². The summed E-state index contributed by atoms with van der Waals surface area (Å²) >= 11 is 0. The number of nitriles is 1. The number of amides is 1. The lowest BCUT2D eigenvalue weighted by atomic mass is 10.0. The van der Waals surface area contributed by atoms with Crippen LogP contribution in [0.3, 0.4) is 0 Å². The molecule has 0 aromatic heterocycles. The number of ether oxygens (including phenoxy) is 1. The Morgan fingerprint density at radius 3 is 2.75 bits per heavy atom. The summed E-state index contributed by atoms with van der Waals surface area (Å²) in [6, 6.07) is 6.44. The van der Waals surface area contributed by atoms with E-state index >= 15 is 0 Å². The first-order chi connectivity index (χ1) is 9.49. The van der Waals surface area contributed by atoms with Gasteiger partial charge in [0.15, 0.2) is 0 Å². The van der Waals surface area contributed by atoms with Crippen LogP contribution in [0, 0.1) is 11.3 Å². The van der Waals surface area contributed by atoms with Crippen molar-refractivity contribution >= 4 is 5.91 Å². The predicted octanol–water partition coefficient (Wildman–Crippen LogP) is 0.244. The van der Waals surface area contributed by atoms with Gasteiger partial charge in [-0.2, -0.15) is 5.26 Å². The molecule has 1 amide bonds. The van der Waals surface area contributed by atoms with Gasteiger partial charge in [0, 0.05) is 13.1 Å². The highest BCUT2D eigenvalue weighted by Crippen LogP contribution is 2.22. The Balaban J connectivity index is 2.92. The van der Waals surface area contributed by atoms with E-state index in [-0.39, 0.29) is 0 Å². The number of likely N-dealkylation sites (N-methyl/N-ethyl adjacent to an activating group) is 1. The van der Waals surface area contributed by atoms with Crippen LogP contribution < -0.4 is 15.8 Å². The molecule has 0 saturated heterocycles. The minimum Gasteiger partial charge on any atom is -0.495 e. The molecule has 0 fully saturated rings. The number of nitrogens with zero attached hydrogens (tertiary/aromatic N) is 2. The Hall–Kier alpha value is -2.10. The maximum atomic E-state index is 11.6. The van der Waals surface area contributed by atoms with Crippen LogP contribution >= 0.6 is 0 Å². The quantitative estimate of drug-likeness (QED) is 0.744. The first-order valence-corrected chi connectivity index (χ1v) is 6.25. The zero-order valence-corrected chi connectivity index (χ0v) is 12.0. The molecule has 1 atom stereocenters. The first kappa shape index (κ1) is 16.0. The van der Waals surface area contributed by atoms with Crippen LogP contribution in [0.4, 0.5) is 0 Å². The van der Waals surface area contributed by atoms with Crippen LogP contribution in [-0.2, 0) is 4.79 Å². The lowest BCUT2D eigenvalue weighted by Gasteiger charge is -2.18. The lowest BCUT2D eigenvalue weighted by molar-refractivity contribution is -0.120. The average molecular weight is 276 g/mol. The number of carbonyl (C=O) groups excluding carboxylic acids is 1. The van der Waals surface area contributed by atoms with Gasteiger partial charge >= 0.3 is 0 Å². The summed E-state index contributed by atoms with van der Waals surface area (Å²) in [5, 5.41) is 12.2. The van der Waals surface area contributed by atoms with Gasteiger partial charge in [-0.1, -0.05) is 6.07 Å². The van der Waals surface area contributed by atoms with E-state index in [4.69, 9.17) is 15.7 Å². The summed E-state index contributed by atoms with van der Waals surface area (Å²) in [6.45, 7) is 1.40. The summed E-state index contributed by atoms with van der Waals surface area (Å²) in [7, 11) is 5.39. The highest BCUT2D eigenvalue weighted by atomic mass is 16.5. The molecule has 20 heavy (non-hydrogen) atoms. The van der Waals surface area contributed by atoms with Crippen molar-refractivity contribution in [3.8, 4) is 11.8 Å². The van der Waals surface area contributed by atoms with Crippen LogP contribution in [0.2, 0.25) is 0 Å². The van der Waals surface area contributed by atoms with Crippen molar-refractivity contribution in [3.63, 3.8) is 0 Å². The standard InChI is InChI=1S/C14H20N4O2/c1-18(2)7-6-17-13(14(16)19)10-4-5-12(20-3)11(8-10)9-15/h4-5,8,13,17H,6-7H2,1-3H3,(H2,16,19). The van der Waals surface area contributed by atoms with E-state index in [0.717, 1.165) is 6.54 Å². The number of hydrogen-bond donors (Lipinski definition) is 2. The Morgan fingerprint density at radius 2 is 2.25 bits per heavy atom. The molecule has 1 unspecified atom stereocenters. The second-order valence-electron chi connectivity index (χ2n) is 4.66.